The van der Waals surface area contributed by atoms with Crippen molar-refractivity contribution in [2.45, 2.75) is 25.7 Å². The Kier molecular flexibility index (Phi) is 12.9. The largest absolute Gasteiger partial charge is 0.473 e. The lowest BCUT2D eigenvalue weighted by Crippen LogP contribution is -1.73. The van der Waals surface area contributed by atoms with E-state index in [0.29, 0.717) is 0 Å². The minimum atomic E-state index is -0.0812. The fourth-order valence-corrected chi connectivity index (χ4v) is 0.892. The molecule has 0 saturated heterocycles. The molecule has 2 N–H and O–H groups in total. The average molecular weight is 234 g/mol. The zero-order valence-electron chi connectivity index (χ0n) is 9.85. The molecule has 0 aliphatic rings. The lowest BCUT2D eigenvalue weighted by molar-refractivity contribution is 0.350. The number of hydrogen-bond acceptors (Lipinski definition) is 3. The summed E-state index contributed by atoms with van der Waals surface area (Å²) in [6.45, 7) is -0.162. The molecule has 92 valence electrons. The molecular weight excluding hydrogens is 216 g/mol. The second-order valence-corrected chi connectivity index (χ2v) is 2.98. The van der Waals surface area contributed by atoms with Gasteiger partial charge in [0.15, 0.2) is 0 Å². The molecule has 0 heterocycles. The lowest BCUT2D eigenvalue weighted by atomic mass is 10.3. The summed E-state index contributed by atoms with van der Waals surface area (Å²) in [5, 5.41) is 16.8. The normalized spacial score (nSPS) is 9.76. The highest BCUT2D eigenvalue weighted by atomic mass is 16.5. The van der Waals surface area contributed by atoms with Gasteiger partial charge in [0.05, 0.1) is 12.5 Å². The molecule has 0 bridgehead atoms. The maximum atomic E-state index is 8.39. The van der Waals surface area contributed by atoms with E-state index in [4.69, 9.17) is 14.9 Å². The van der Waals surface area contributed by atoms with Gasteiger partial charge in [-0.05, 0) is 25.0 Å². The zero-order chi connectivity index (χ0) is 12.6. The van der Waals surface area contributed by atoms with Gasteiger partial charge in [0.25, 0.3) is 0 Å². The van der Waals surface area contributed by atoms with Gasteiger partial charge in [-0.25, -0.2) is 0 Å². The molecule has 0 amide bonds. The van der Waals surface area contributed by atoms with E-state index >= 15 is 0 Å². The van der Waals surface area contributed by atoms with Crippen LogP contribution < -0.4 is 0 Å². The summed E-state index contributed by atoms with van der Waals surface area (Å²) >= 11 is 0. The van der Waals surface area contributed by atoms with E-state index < -0.39 is 0 Å². The van der Waals surface area contributed by atoms with Gasteiger partial charge in [0.1, 0.15) is 13.2 Å². The minimum Gasteiger partial charge on any atom is -0.473 e. The van der Waals surface area contributed by atoms with Crippen molar-refractivity contribution in [2.75, 3.05) is 13.2 Å². The summed E-state index contributed by atoms with van der Waals surface area (Å²) in [6, 6.07) is 0. The molecule has 0 atom stereocenters. The second kappa shape index (κ2) is 14.3. The summed E-state index contributed by atoms with van der Waals surface area (Å²) in [6.07, 6.45) is 10.0. The summed E-state index contributed by atoms with van der Waals surface area (Å²) in [5.41, 5.74) is 0. The van der Waals surface area contributed by atoms with Crippen LogP contribution in [-0.2, 0) is 4.74 Å². The monoisotopic (exact) mass is 234 g/mol. The van der Waals surface area contributed by atoms with Crippen LogP contribution in [0.1, 0.15) is 25.7 Å². The molecule has 0 aromatic carbocycles. The topological polar surface area (TPSA) is 49.7 Å². The van der Waals surface area contributed by atoms with Crippen LogP contribution in [0.25, 0.3) is 0 Å². The molecule has 0 aliphatic heterocycles. The van der Waals surface area contributed by atoms with E-state index in [9.17, 15) is 0 Å². The quantitative estimate of drug-likeness (QED) is 0.417. The predicted molar refractivity (Wildman–Crippen MR) is 67.6 cm³/mol. The maximum Gasteiger partial charge on any atom is 0.104 e. The number of ether oxygens (including phenoxy) is 1. The highest BCUT2D eigenvalue weighted by Gasteiger charge is 1.77. The molecule has 0 aromatic rings. The summed E-state index contributed by atoms with van der Waals surface area (Å²) in [4.78, 5) is 0. The zero-order valence-corrected chi connectivity index (χ0v) is 9.85. The summed E-state index contributed by atoms with van der Waals surface area (Å²) in [7, 11) is 0. The lowest BCUT2D eigenvalue weighted by Gasteiger charge is -1.89. The third kappa shape index (κ3) is 14.3. The van der Waals surface area contributed by atoms with Crippen molar-refractivity contribution < 1.29 is 14.9 Å². The fourth-order valence-electron chi connectivity index (χ4n) is 0.892. The Balaban J connectivity index is 3.37. The Morgan fingerprint density at radius 3 is 1.65 bits per heavy atom. The van der Waals surface area contributed by atoms with Gasteiger partial charge < -0.3 is 14.9 Å². The molecule has 0 spiro atoms. The highest BCUT2D eigenvalue weighted by Crippen LogP contribution is 1.92. The van der Waals surface area contributed by atoms with Crippen molar-refractivity contribution in [2.24, 2.45) is 0 Å². The van der Waals surface area contributed by atoms with E-state index in [1.807, 2.05) is 12.2 Å². The first-order valence-electron chi connectivity index (χ1n) is 5.50. The van der Waals surface area contributed by atoms with E-state index in [1.165, 1.54) is 0 Å². The molecule has 0 aromatic heterocycles. The molecular formula is C14H18O3. The SMILES string of the molecule is OCC#CCCC=COC=CCCC#CCO. The number of aliphatic hydroxyl groups is 2. The summed E-state index contributed by atoms with van der Waals surface area (Å²) < 4.78 is 5.09. The molecule has 3 heteroatoms. The van der Waals surface area contributed by atoms with Crippen LogP contribution in [0, 0.1) is 23.7 Å². The highest BCUT2D eigenvalue weighted by molar-refractivity contribution is 5.00. The Bertz CT molecular complexity index is 300. The standard InChI is InChI=1S/C14H18O3/c15-11-7-3-1-5-9-13-17-14-10-6-2-4-8-12-16/h9-10,13-16H,1-2,5-6,11-12H2. The van der Waals surface area contributed by atoms with Crippen molar-refractivity contribution >= 4 is 0 Å². The molecule has 17 heavy (non-hydrogen) atoms. The van der Waals surface area contributed by atoms with Crippen molar-refractivity contribution in [1.82, 2.24) is 0 Å². The maximum absolute atomic E-state index is 8.39. The molecule has 3 nitrogen and oxygen atoms in total. The first-order valence-corrected chi connectivity index (χ1v) is 5.50. The van der Waals surface area contributed by atoms with Gasteiger partial charge in [-0.2, -0.15) is 0 Å². The van der Waals surface area contributed by atoms with Gasteiger partial charge in [0, 0.05) is 12.8 Å². The molecule has 0 unspecified atom stereocenters. The van der Waals surface area contributed by atoms with Gasteiger partial charge >= 0.3 is 0 Å². The van der Waals surface area contributed by atoms with Crippen LogP contribution in [0.5, 0.6) is 0 Å². The van der Waals surface area contributed by atoms with Crippen molar-refractivity contribution in [3.8, 4) is 23.7 Å². The van der Waals surface area contributed by atoms with Gasteiger partial charge in [0.2, 0.25) is 0 Å². The average Bonchev–Trinajstić information content (AvgIpc) is 2.35. The third-order valence-corrected chi connectivity index (χ3v) is 1.63. The number of hydrogen-bond donors (Lipinski definition) is 2. The number of unbranched alkanes of at least 4 members (excludes halogenated alkanes) is 2. The van der Waals surface area contributed by atoms with Crippen LogP contribution >= 0.6 is 0 Å². The van der Waals surface area contributed by atoms with E-state index in [0.717, 1.165) is 25.7 Å². The van der Waals surface area contributed by atoms with Gasteiger partial charge in [-0.3, -0.25) is 0 Å². The van der Waals surface area contributed by atoms with Crippen LogP contribution in [0.4, 0.5) is 0 Å². The number of rotatable bonds is 6. The van der Waals surface area contributed by atoms with E-state index in [2.05, 4.69) is 23.7 Å². The molecule has 0 radical (unpaired) electrons. The molecule has 0 rings (SSSR count). The van der Waals surface area contributed by atoms with E-state index in [1.54, 1.807) is 12.5 Å². The third-order valence-electron chi connectivity index (χ3n) is 1.63. The van der Waals surface area contributed by atoms with Crippen LogP contribution in [-0.4, -0.2) is 23.4 Å². The van der Waals surface area contributed by atoms with Gasteiger partial charge in [-0.1, -0.05) is 11.8 Å². The minimum absolute atomic E-state index is 0.0812. The second-order valence-electron chi connectivity index (χ2n) is 2.98. The molecule has 0 fully saturated rings. The number of allylic oxidation sites excluding steroid dienone is 2. The Hall–Kier alpha value is -1.68. The fraction of sp³-hybridized carbons (Fsp3) is 0.429. The summed E-state index contributed by atoms with van der Waals surface area (Å²) in [5.74, 6) is 10.8. The Morgan fingerprint density at radius 1 is 0.765 bits per heavy atom. The van der Waals surface area contributed by atoms with Gasteiger partial charge in [-0.15, -0.1) is 11.8 Å². The van der Waals surface area contributed by atoms with Crippen LogP contribution in [0.15, 0.2) is 24.7 Å². The van der Waals surface area contributed by atoms with Crippen LogP contribution in [0.2, 0.25) is 0 Å². The molecule has 0 saturated carbocycles. The van der Waals surface area contributed by atoms with Crippen molar-refractivity contribution in [1.29, 1.82) is 0 Å². The molecule has 0 aliphatic carbocycles. The predicted octanol–water partition coefficient (Wildman–Crippen LogP) is 1.58. The Morgan fingerprint density at radius 2 is 1.24 bits per heavy atom. The first kappa shape index (κ1) is 15.3. The number of aliphatic hydroxyl groups excluding tert-OH is 2. The first-order chi connectivity index (χ1) is 8.41. The van der Waals surface area contributed by atoms with Crippen LogP contribution in [0.3, 0.4) is 0 Å². The van der Waals surface area contributed by atoms with E-state index in [-0.39, 0.29) is 13.2 Å². The van der Waals surface area contributed by atoms with Crippen molar-refractivity contribution in [3.63, 3.8) is 0 Å². The van der Waals surface area contributed by atoms with Crippen molar-refractivity contribution in [3.05, 3.63) is 24.7 Å². The smallest absolute Gasteiger partial charge is 0.104 e. The Labute approximate surface area is 103 Å².